The fourth-order valence-electron chi connectivity index (χ4n) is 2.76. The molecule has 118 valence electrons. The van der Waals surface area contributed by atoms with E-state index in [1.54, 1.807) is 0 Å². The Kier molecular flexibility index (Phi) is 5.87. The minimum Gasteiger partial charge on any atom is -0.368 e. The Morgan fingerprint density at radius 1 is 1.38 bits per heavy atom. The van der Waals surface area contributed by atoms with Crippen molar-refractivity contribution in [3.63, 3.8) is 0 Å². The number of hydrogen-bond donors (Lipinski definition) is 1. The van der Waals surface area contributed by atoms with Gasteiger partial charge in [0.05, 0.1) is 10.7 Å². The maximum atomic E-state index is 6.52. The molecule has 0 amide bonds. The molecule has 1 fully saturated rings. The van der Waals surface area contributed by atoms with Crippen LogP contribution in [0.1, 0.15) is 33.3 Å². The molecule has 2 rings (SSSR count). The first-order valence-electron chi connectivity index (χ1n) is 7.76. The summed E-state index contributed by atoms with van der Waals surface area (Å²) in [6.07, 6.45) is 0. The van der Waals surface area contributed by atoms with Crippen molar-refractivity contribution in [2.24, 2.45) is 5.92 Å². The smallest absolute Gasteiger partial charge is 0.0642 e. The number of halogens is 1. The van der Waals surface area contributed by atoms with E-state index in [0.29, 0.717) is 10.7 Å². The van der Waals surface area contributed by atoms with Gasteiger partial charge in [-0.25, -0.2) is 0 Å². The molecule has 0 aromatic heterocycles. The highest BCUT2D eigenvalue weighted by Gasteiger charge is 2.29. The summed E-state index contributed by atoms with van der Waals surface area (Å²) >= 11 is 8.57. The summed E-state index contributed by atoms with van der Waals surface area (Å²) in [7, 11) is 0. The number of nitrogens with one attached hydrogen (secondary N) is 1. The lowest BCUT2D eigenvalue weighted by atomic mass is 10.1. The second-order valence-corrected chi connectivity index (χ2v) is 9.01. The largest absolute Gasteiger partial charge is 0.368 e. The zero-order valence-electron chi connectivity index (χ0n) is 13.6. The van der Waals surface area contributed by atoms with Crippen molar-refractivity contribution in [2.45, 2.75) is 39.0 Å². The quantitative estimate of drug-likeness (QED) is 0.862. The van der Waals surface area contributed by atoms with Crippen LogP contribution in [0.3, 0.4) is 0 Å². The van der Waals surface area contributed by atoms with Gasteiger partial charge in [-0.15, -0.1) is 0 Å². The Morgan fingerprint density at radius 3 is 2.81 bits per heavy atom. The predicted octanol–water partition coefficient (Wildman–Crippen LogP) is 4.42. The minimum absolute atomic E-state index is 0.292. The number of anilines is 1. The SMILES string of the molecule is CC(C)CNCc1cccc(Cl)c1N1CCSC(C)(C)C1. The molecule has 0 bridgehead atoms. The first-order chi connectivity index (χ1) is 9.89. The molecule has 1 aromatic carbocycles. The summed E-state index contributed by atoms with van der Waals surface area (Å²) in [5.74, 6) is 1.83. The first-order valence-corrected chi connectivity index (χ1v) is 9.12. The molecular formula is C17H27ClN2S. The lowest BCUT2D eigenvalue weighted by Gasteiger charge is -2.40. The average Bonchev–Trinajstić information content (AvgIpc) is 2.37. The Labute approximate surface area is 138 Å². The maximum Gasteiger partial charge on any atom is 0.0642 e. The van der Waals surface area contributed by atoms with Crippen LogP contribution in [0.15, 0.2) is 18.2 Å². The van der Waals surface area contributed by atoms with Gasteiger partial charge in [-0.2, -0.15) is 11.8 Å². The van der Waals surface area contributed by atoms with Crippen LogP contribution in [-0.2, 0) is 6.54 Å². The molecule has 0 aliphatic carbocycles. The fraction of sp³-hybridized carbons (Fsp3) is 0.647. The molecule has 0 atom stereocenters. The fourth-order valence-corrected chi connectivity index (χ4v) is 4.18. The summed E-state index contributed by atoms with van der Waals surface area (Å²) < 4.78 is 0.292. The van der Waals surface area contributed by atoms with E-state index in [9.17, 15) is 0 Å². The molecule has 4 heteroatoms. The van der Waals surface area contributed by atoms with Gasteiger partial charge in [-0.3, -0.25) is 0 Å². The van der Waals surface area contributed by atoms with Gasteiger partial charge in [0.15, 0.2) is 0 Å². The van der Waals surface area contributed by atoms with E-state index < -0.39 is 0 Å². The second-order valence-electron chi connectivity index (χ2n) is 6.80. The monoisotopic (exact) mass is 326 g/mol. The number of rotatable bonds is 5. The molecule has 0 spiro atoms. The summed E-state index contributed by atoms with van der Waals surface area (Å²) in [6, 6.07) is 6.27. The van der Waals surface area contributed by atoms with Crippen LogP contribution in [0.25, 0.3) is 0 Å². The number of nitrogens with zero attached hydrogens (tertiary/aromatic N) is 1. The maximum absolute atomic E-state index is 6.52. The predicted molar refractivity (Wildman–Crippen MR) is 96.7 cm³/mol. The van der Waals surface area contributed by atoms with Gasteiger partial charge in [0, 0.05) is 30.1 Å². The Hall–Kier alpha value is -0.380. The summed E-state index contributed by atoms with van der Waals surface area (Å²) in [5, 5.41) is 4.41. The van der Waals surface area contributed by atoms with E-state index in [-0.39, 0.29) is 0 Å². The molecule has 1 heterocycles. The normalized spacial score (nSPS) is 18.3. The molecule has 21 heavy (non-hydrogen) atoms. The van der Waals surface area contributed by atoms with Gasteiger partial charge in [0.25, 0.3) is 0 Å². The van der Waals surface area contributed by atoms with Crippen LogP contribution in [-0.4, -0.2) is 30.1 Å². The third-order valence-corrected chi connectivity index (χ3v) is 5.28. The van der Waals surface area contributed by atoms with E-state index in [2.05, 4.69) is 61.8 Å². The number of hydrogen-bond acceptors (Lipinski definition) is 3. The van der Waals surface area contributed by atoms with Crippen LogP contribution in [0, 0.1) is 5.92 Å². The zero-order chi connectivity index (χ0) is 15.5. The molecule has 1 saturated heterocycles. The molecule has 0 radical (unpaired) electrons. The van der Waals surface area contributed by atoms with Crippen LogP contribution in [0.4, 0.5) is 5.69 Å². The van der Waals surface area contributed by atoms with Gasteiger partial charge in [0.2, 0.25) is 0 Å². The summed E-state index contributed by atoms with van der Waals surface area (Å²) in [4.78, 5) is 2.46. The van der Waals surface area contributed by atoms with Gasteiger partial charge in [-0.1, -0.05) is 37.6 Å². The Bertz CT molecular complexity index is 474. The molecular weight excluding hydrogens is 300 g/mol. The standard InChI is InChI=1S/C17H27ClN2S/c1-13(2)10-19-11-14-6-5-7-15(18)16(14)20-8-9-21-17(3,4)12-20/h5-7,13,19H,8-12H2,1-4H3. The highest BCUT2D eigenvalue weighted by molar-refractivity contribution is 8.00. The molecule has 2 nitrogen and oxygen atoms in total. The van der Waals surface area contributed by atoms with Gasteiger partial charge < -0.3 is 10.2 Å². The van der Waals surface area contributed by atoms with Crippen molar-refractivity contribution < 1.29 is 0 Å². The minimum atomic E-state index is 0.292. The average molecular weight is 327 g/mol. The van der Waals surface area contributed by atoms with Gasteiger partial charge in [0.1, 0.15) is 0 Å². The van der Waals surface area contributed by atoms with Crippen LogP contribution in [0.2, 0.25) is 5.02 Å². The van der Waals surface area contributed by atoms with Crippen LogP contribution in [0.5, 0.6) is 0 Å². The third-order valence-electron chi connectivity index (χ3n) is 3.68. The van der Waals surface area contributed by atoms with Crippen molar-refractivity contribution in [3.8, 4) is 0 Å². The summed E-state index contributed by atoms with van der Waals surface area (Å²) in [6.45, 7) is 13.2. The van der Waals surface area contributed by atoms with Crippen molar-refractivity contribution in [1.29, 1.82) is 0 Å². The number of thioether (sulfide) groups is 1. The van der Waals surface area contributed by atoms with Crippen LogP contribution >= 0.6 is 23.4 Å². The van der Waals surface area contributed by atoms with Gasteiger partial charge >= 0.3 is 0 Å². The van der Waals surface area contributed by atoms with E-state index in [1.165, 1.54) is 11.3 Å². The molecule has 0 saturated carbocycles. The molecule has 1 aliphatic rings. The van der Waals surface area contributed by atoms with E-state index in [1.807, 2.05) is 6.07 Å². The van der Waals surface area contributed by atoms with E-state index >= 15 is 0 Å². The highest BCUT2D eigenvalue weighted by Crippen LogP contribution is 2.37. The van der Waals surface area contributed by atoms with Gasteiger partial charge in [-0.05, 0) is 37.9 Å². The third kappa shape index (κ3) is 4.80. The van der Waals surface area contributed by atoms with Crippen LogP contribution < -0.4 is 10.2 Å². The van der Waals surface area contributed by atoms with E-state index in [0.717, 1.165) is 37.0 Å². The van der Waals surface area contributed by atoms with Crippen molar-refractivity contribution in [2.75, 3.05) is 30.3 Å². The van der Waals surface area contributed by atoms with Crippen molar-refractivity contribution >= 4 is 29.1 Å². The molecule has 1 aromatic rings. The number of benzene rings is 1. The molecule has 0 unspecified atom stereocenters. The lowest BCUT2D eigenvalue weighted by molar-refractivity contribution is 0.551. The van der Waals surface area contributed by atoms with Crippen molar-refractivity contribution in [3.05, 3.63) is 28.8 Å². The van der Waals surface area contributed by atoms with E-state index in [4.69, 9.17) is 11.6 Å². The zero-order valence-corrected chi connectivity index (χ0v) is 15.2. The second kappa shape index (κ2) is 7.26. The molecule has 1 N–H and O–H groups in total. The Morgan fingerprint density at radius 2 is 2.14 bits per heavy atom. The first kappa shape index (κ1) is 17.0. The topological polar surface area (TPSA) is 15.3 Å². The Balaban J connectivity index is 2.17. The molecule has 1 aliphatic heterocycles. The summed E-state index contributed by atoms with van der Waals surface area (Å²) in [5.41, 5.74) is 2.54. The van der Waals surface area contributed by atoms with Crippen molar-refractivity contribution in [1.82, 2.24) is 5.32 Å². The highest BCUT2D eigenvalue weighted by atomic mass is 35.5. The number of para-hydroxylation sites is 1. The lowest BCUT2D eigenvalue weighted by Crippen LogP contribution is -2.43.